The summed E-state index contributed by atoms with van der Waals surface area (Å²) in [6.45, 7) is 5.34. The van der Waals surface area contributed by atoms with Gasteiger partial charge in [0.25, 0.3) is 5.91 Å². The summed E-state index contributed by atoms with van der Waals surface area (Å²) >= 11 is 0. The van der Waals surface area contributed by atoms with Gasteiger partial charge in [-0.2, -0.15) is 0 Å². The molecule has 1 aliphatic rings. The Labute approximate surface area is 165 Å². The van der Waals surface area contributed by atoms with Gasteiger partial charge in [0.1, 0.15) is 11.6 Å². The number of hydrogen-bond donors (Lipinski definition) is 1. The first-order valence-electron chi connectivity index (χ1n) is 9.92. The van der Waals surface area contributed by atoms with Gasteiger partial charge in [-0.15, -0.1) is 0 Å². The van der Waals surface area contributed by atoms with Crippen LogP contribution in [-0.2, 0) is 6.54 Å². The third kappa shape index (κ3) is 3.80. The molecule has 148 valence electrons. The molecule has 7 heteroatoms. The Balaban J connectivity index is 1.50. The number of rotatable bonds is 5. The Morgan fingerprint density at radius 3 is 3.04 bits per heavy atom. The summed E-state index contributed by atoms with van der Waals surface area (Å²) in [5.74, 6) is 2.33. The molecular formula is C21H28N6O. The number of benzene rings is 1. The lowest BCUT2D eigenvalue weighted by Crippen LogP contribution is -2.39. The fraction of sp³-hybridized carbons (Fsp3) is 0.476. The third-order valence-electron chi connectivity index (χ3n) is 5.46. The highest BCUT2D eigenvalue weighted by molar-refractivity contribution is 5.97. The van der Waals surface area contributed by atoms with Gasteiger partial charge < -0.3 is 19.4 Å². The summed E-state index contributed by atoms with van der Waals surface area (Å²) < 4.78 is 2.23. The predicted molar refractivity (Wildman–Crippen MR) is 109 cm³/mol. The van der Waals surface area contributed by atoms with Crippen LogP contribution in [0.5, 0.6) is 0 Å². The summed E-state index contributed by atoms with van der Waals surface area (Å²) in [6.07, 6.45) is 6.00. The molecule has 0 radical (unpaired) electrons. The van der Waals surface area contributed by atoms with Gasteiger partial charge in [-0.3, -0.25) is 4.79 Å². The highest BCUT2D eigenvalue weighted by atomic mass is 16.2. The van der Waals surface area contributed by atoms with Gasteiger partial charge in [-0.25, -0.2) is 9.97 Å². The Bertz CT molecular complexity index is 972. The Morgan fingerprint density at radius 2 is 2.21 bits per heavy atom. The highest BCUT2D eigenvalue weighted by Crippen LogP contribution is 2.27. The molecule has 7 nitrogen and oxygen atoms in total. The number of hydrogen-bond acceptors (Lipinski definition) is 4. The van der Waals surface area contributed by atoms with Crippen molar-refractivity contribution in [2.24, 2.45) is 0 Å². The van der Waals surface area contributed by atoms with Crippen LogP contribution < -0.4 is 0 Å². The molecule has 1 N–H and O–H groups in total. The largest absolute Gasteiger partial charge is 0.342 e. The molecule has 1 aromatic carbocycles. The maximum atomic E-state index is 13.1. The van der Waals surface area contributed by atoms with E-state index in [4.69, 9.17) is 0 Å². The number of fused-ring (bicyclic) bond motifs is 1. The minimum absolute atomic E-state index is 0.0882. The van der Waals surface area contributed by atoms with Gasteiger partial charge in [0.2, 0.25) is 0 Å². The number of piperidine rings is 1. The SMILES string of the molecule is Cc1nc2ccc(C(=O)N3CCC[C@H](c4nccn4CCN(C)C)C3)cc2[nH]1. The van der Waals surface area contributed by atoms with Crippen LogP contribution in [0.4, 0.5) is 0 Å². The van der Waals surface area contributed by atoms with Crippen LogP contribution in [0.15, 0.2) is 30.6 Å². The lowest BCUT2D eigenvalue weighted by atomic mass is 9.96. The molecule has 0 unspecified atom stereocenters. The minimum atomic E-state index is 0.0882. The summed E-state index contributed by atoms with van der Waals surface area (Å²) in [5, 5.41) is 0. The van der Waals surface area contributed by atoms with Gasteiger partial charge in [0.05, 0.1) is 11.0 Å². The summed E-state index contributed by atoms with van der Waals surface area (Å²) in [5.41, 5.74) is 2.53. The van der Waals surface area contributed by atoms with Crippen LogP contribution >= 0.6 is 0 Å². The quantitative estimate of drug-likeness (QED) is 0.739. The molecule has 0 aliphatic carbocycles. The highest BCUT2D eigenvalue weighted by Gasteiger charge is 2.28. The first-order chi connectivity index (χ1) is 13.5. The average Bonchev–Trinajstić information content (AvgIpc) is 3.30. The number of carbonyl (C=O) groups excluding carboxylic acids is 1. The van der Waals surface area contributed by atoms with E-state index in [-0.39, 0.29) is 11.8 Å². The van der Waals surface area contributed by atoms with E-state index in [1.54, 1.807) is 0 Å². The van der Waals surface area contributed by atoms with Crippen LogP contribution in [0.1, 0.15) is 40.8 Å². The Hall–Kier alpha value is -2.67. The van der Waals surface area contributed by atoms with Gasteiger partial charge in [-0.05, 0) is 52.1 Å². The number of amides is 1. The molecule has 2 aromatic heterocycles. The van der Waals surface area contributed by atoms with E-state index >= 15 is 0 Å². The second kappa shape index (κ2) is 7.75. The second-order valence-corrected chi connectivity index (χ2v) is 7.93. The number of likely N-dealkylation sites (N-methyl/N-ethyl adjacent to an activating group) is 1. The zero-order chi connectivity index (χ0) is 19.7. The van der Waals surface area contributed by atoms with Crippen molar-refractivity contribution in [2.75, 3.05) is 33.7 Å². The van der Waals surface area contributed by atoms with Crippen molar-refractivity contribution in [3.05, 3.63) is 47.8 Å². The van der Waals surface area contributed by atoms with E-state index in [1.807, 2.05) is 42.4 Å². The first kappa shape index (κ1) is 18.7. The minimum Gasteiger partial charge on any atom is -0.342 e. The van der Waals surface area contributed by atoms with Crippen molar-refractivity contribution in [1.82, 2.24) is 29.3 Å². The van der Waals surface area contributed by atoms with Gasteiger partial charge >= 0.3 is 0 Å². The molecule has 1 aliphatic heterocycles. The number of likely N-dealkylation sites (tertiary alicyclic amines) is 1. The monoisotopic (exact) mass is 380 g/mol. The number of imidazole rings is 2. The summed E-state index contributed by atoms with van der Waals surface area (Å²) in [4.78, 5) is 29.5. The molecule has 0 bridgehead atoms. The topological polar surface area (TPSA) is 70.1 Å². The van der Waals surface area contributed by atoms with Crippen molar-refractivity contribution in [3.63, 3.8) is 0 Å². The Kier molecular flexibility index (Phi) is 5.17. The third-order valence-corrected chi connectivity index (χ3v) is 5.46. The molecule has 1 saturated heterocycles. The summed E-state index contributed by atoms with van der Waals surface area (Å²) in [7, 11) is 4.16. The number of nitrogens with zero attached hydrogens (tertiary/aromatic N) is 5. The van der Waals surface area contributed by atoms with E-state index < -0.39 is 0 Å². The van der Waals surface area contributed by atoms with E-state index in [2.05, 4.69) is 38.5 Å². The van der Waals surface area contributed by atoms with Crippen molar-refractivity contribution in [1.29, 1.82) is 0 Å². The lowest BCUT2D eigenvalue weighted by molar-refractivity contribution is 0.0703. The molecule has 3 heterocycles. The average molecular weight is 380 g/mol. The van der Waals surface area contributed by atoms with Crippen molar-refractivity contribution >= 4 is 16.9 Å². The maximum absolute atomic E-state index is 13.1. The first-order valence-corrected chi connectivity index (χ1v) is 9.92. The molecular weight excluding hydrogens is 352 g/mol. The number of aromatic nitrogens is 4. The van der Waals surface area contributed by atoms with Gasteiger partial charge in [0, 0.05) is 50.1 Å². The van der Waals surface area contributed by atoms with Crippen molar-refractivity contribution in [3.8, 4) is 0 Å². The number of aromatic amines is 1. The van der Waals surface area contributed by atoms with Crippen LogP contribution in [0.25, 0.3) is 11.0 Å². The van der Waals surface area contributed by atoms with Crippen LogP contribution in [-0.4, -0.2) is 69.0 Å². The molecule has 4 rings (SSSR count). The fourth-order valence-electron chi connectivity index (χ4n) is 4.00. The van der Waals surface area contributed by atoms with Gasteiger partial charge in [-0.1, -0.05) is 0 Å². The smallest absolute Gasteiger partial charge is 0.253 e. The Morgan fingerprint density at radius 1 is 1.36 bits per heavy atom. The lowest BCUT2D eigenvalue weighted by Gasteiger charge is -2.33. The van der Waals surface area contributed by atoms with E-state index in [9.17, 15) is 4.79 Å². The van der Waals surface area contributed by atoms with Crippen molar-refractivity contribution in [2.45, 2.75) is 32.2 Å². The van der Waals surface area contributed by atoms with E-state index in [0.29, 0.717) is 5.56 Å². The second-order valence-electron chi connectivity index (χ2n) is 7.93. The number of H-pyrrole nitrogens is 1. The molecule has 3 aromatic rings. The molecule has 1 amide bonds. The molecule has 0 spiro atoms. The normalized spacial score (nSPS) is 17.6. The predicted octanol–water partition coefficient (Wildman–Crippen LogP) is 2.65. The maximum Gasteiger partial charge on any atom is 0.253 e. The van der Waals surface area contributed by atoms with E-state index in [0.717, 1.165) is 61.7 Å². The number of carbonyl (C=O) groups is 1. The molecule has 1 fully saturated rings. The zero-order valence-corrected chi connectivity index (χ0v) is 16.9. The standard InChI is InChI=1S/C21H28N6O/c1-15-23-18-7-6-16(13-19(18)24-15)21(28)27-9-4-5-17(14-27)20-22-8-10-26(20)12-11-25(2)3/h6-8,10,13,17H,4-5,9,11-12,14H2,1-3H3,(H,23,24)/t17-/m0/s1. The van der Waals surface area contributed by atoms with Crippen LogP contribution in [0.2, 0.25) is 0 Å². The fourth-order valence-corrected chi connectivity index (χ4v) is 4.00. The van der Waals surface area contributed by atoms with Crippen LogP contribution in [0.3, 0.4) is 0 Å². The molecule has 1 atom stereocenters. The number of nitrogens with one attached hydrogen (secondary N) is 1. The molecule has 0 saturated carbocycles. The zero-order valence-electron chi connectivity index (χ0n) is 16.9. The number of aryl methyl sites for hydroxylation is 1. The van der Waals surface area contributed by atoms with Crippen molar-refractivity contribution < 1.29 is 4.79 Å². The van der Waals surface area contributed by atoms with E-state index in [1.165, 1.54) is 0 Å². The van der Waals surface area contributed by atoms with Gasteiger partial charge in [0.15, 0.2) is 0 Å². The molecule has 28 heavy (non-hydrogen) atoms. The van der Waals surface area contributed by atoms with Crippen LogP contribution in [0, 0.1) is 6.92 Å². The summed E-state index contributed by atoms with van der Waals surface area (Å²) in [6, 6.07) is 5.72.